The largest absolute Gasteiger partial charge is 0.352 e. The maximum atomic E-state index is 13.9. The van der Waals surface area contributed by atoms with Crippen molar-refractivity contribution in [3.8, 4) is 0 Å². The third-order valence-electron chi connectivity index (χ3n) is 4.99. The molecule has 7 heteroatoms. The molecule has 1 heterocycles. The lowest BCUT2D eigenvalue weighted by molar-refractivity contribution is -0.126. The van der Waals surface area contributed by atoms with Gasteiger partial charge in [-0.25, -0.2) is 12.8 Å². The number of aryl methyl sites for hydroxylation is 1. The number of rotatable bonds is 5. The van der Waals surface area contributed by atoms with E-state index in [1.165, 1.54) is 22.5 Å². The first-order chi connectivity index (χ1) is 12.9. The molecule has 5 nitrogen and oxygen atoms in total. The van der Waals surface area contributed by atoms with Crippen LogP contribution in [0.1, 0.15) is 24.0 Å². The van der Waals surface area contributed by atoms with Gasteiger partial charge >= 0.3 is 0 Å². The van der Waals surface area contributed by atoms with Gasteiger partial charge in [-0.3, -0.25) is 4.79 Å². The van der Waals surface area contributed by atoms with Crippen molar-refractivity contribution >= 4 is 15.9 Å². The molecule has 0 radical (unpaired) electrons. The first-order valence-corrected chi connectivity index (χ1v) is 10.4. The molecule has 0 unspecified atom stereocenters. The molecule has 0 atom stereocenters. The van der Waals surface area contributed by atoms with Crippen LogP contribution in [0.3, 0.4) is 0 Å². The molecule has 0 saturated carbocycles. The number of nitrogens with one attached hydrogen (secondary N) is 1. The van der Waals surface area contributed by atoms with Crippen LogP contribution in [0.15, 0.2) is 53.4 Å². The molecule has 1 N–H and O–H groups in total. The van der Waals surface area contributed by atoms with Crippen LogP contribution in [0, 0.1) is 18.7 Å². The van der Waals surface area contributed by atoms with Crippen LogP contribution in [0.5, 0.6) is 0 Å². The summed E-state index contributed by atoms with van der Waals surface area (Å²) in [6, 6.07) is 13.2. The topological polar surface area (TPSA) is 66.5 Å². The highest BCUT2D eigenvalue weighted by Gasteiger charge is 2.33. The second kappa shape index (κ2) is 8.19. The second-order valence-electron chi connectivity index (χ2n) is 6.75. The normalized spacial score (nSPS) is 16.2. The Hall–Kier alpha value is -2.25. The van der Waals surface area contributed by atoms with Crippen LogP contribution < -0.4 is 5.32 Å². The summed E-state index contributed by atoms with van der Waals surface area (Å²) in [5.41, 5.74) is 2.18. The average molecular weight is 390 g/mol. The van der Waals surface area contributed by atoms with Crippen LogP contribution in [0.25, 0.3) is 0 Å². The van der Waals surface area contributed by atoms with E-state index < -0.39 is 15.8 Å². The third-order valence-corrected chi connectivity index (χ3v) is 6.93. The molecule has 27 heavy (non-hydrogen) atoms. The number of hydrogen-bond donors (Lipinski definition) is 1. The lowest BCUT2D eigenvalue weighted by atomic mass is 9.97. The van der Waals surface area contributed by atoms with Gasteiger partial charge in [0, 0.05) is 25.6 Å². The minimum absolute atomic E-state index is 0.0683. The molecule has 1 amide bonds. The van der Waals surface area contributed by atoms with E-state index in [2.05, 4.69) is 5.32 Å². The maximum Gasteiger partial charge on any atom is 0.245 e. The van der Waals surface area contributed by atoms with Gasteiger partial charge in [0.25, 0.3) is 0 Å². The Bertz CT molecular complexity index is 922. The van der Waals surface area contributed by atoms with E-state index in [1.54, 1.807) is 0 Å². The van der Waals surface area contributed by atoms with Crippen molar-refractivity contribution in [1.29, 1.82) is 0 Å². The van der Waals surface area contributed by atoms with E-state index in [0.717, 1.165) is 17.2 Å². The average Bonchev–Trinajstić information content (AvgIpc) is 2.67. The molecule has 3 rings (SSSR count). The van der Waals surface area contributed by atoms with Crippen molar-refractivity contribution in [2.24, 2.45) is 5.92 Å². The summed E-state index contributed by atoms with van der Waals surface area (Å²) < 4.78 is 40.4. The number of nitrogens with zero attached hydrogens (tertiary/aromatic N) is 1. The second-order valence-corrected chi connectivity index (χ2v) is 8.66. The zero-order chi connectivity index (χ0) is 19.4. The van der Waals surface area contributed by atoms with Crippen LogP contribution in [0.4, 0.5) is 4.39 Å². The Morgan fingerprint density at radius 3 is 2.41 bits per heavy atom. The number of carbonyl (C=O) groups is 1. The van der Waals surface area contributed by atoms with Gasteiger partial charge in [-0.2, -0.15) is 4.31 Å². The van der Waals surface area contributed by atoms with Gasteiger partial charge in [0.15, 0.2) is 0 Å². The SMILES string of the molecule is Cc1ccccc1CNC(=O)C1CCN(S(=O)(=O)c2ccccc2F)CC1. The minimum atomic E-state index is -3.88. The molecule has 1 aliphatic rings. The van der Waals surface area contributed by atoms with Crippen molar-refractivity contribution in [3.05, 3.63) is 65.5 Å². The van der Waals surface area contributed by atoms with Crippen molar-refractivity contribution in [3.63, 3.8) is 0 Å². The fourth-order valence-electron chi connectivity index (χ4n) is 3.29. The van der Waals surface area contributed by atoms with Crippen LogP contribution in [0.2, 0.25) is 0 Å². The Labute approximate surface area is 159 Å². The number of piperidine rings is 1. The van der Waals surface area contributed by atoms with Crippen LogP contribution in [-0.4, -0.2) is 31.7 Å². The number of benzene rings is 2. The van der Waals surface area contributed by atoms with Gasteiger partial charge in [0.1, 0.15) is 10.7 Å². The lowest BCUT2D eigenvalue weighted by Crippen LogP contribution is -2.43. The van der Waals surface area contributed by atoms with Crippen LogP contribution >= 0.6 is 0 Å². The Balaban J connectivity index is 1.58. The Morgan fingerprint density at radius 1 is 1.11 bits per heavy atom. The maximum absolute atomic E-state index is 13.9. The van der Waals surface area contributed by atoms with Gasteiger partial charge in [-0.05, 0) is 43.0 Å². The molecule has 0 spiro atoms. The summed E-state index contributed by atoms with van der Waals surface area (Å²) in [7, 11) is -3.88. The molecule has 2 aromatic rings. The lowest BCUT2D eigenvalue weighted by Gasteiger charge is -2.30. The Kier molecular flexibility index (Phi) is 5.92. The summed E-state index contributed by atoms with van der Waals surface area (Å²) >= 11 is 0. The molecular weight excluding hydrogens is 367 g/mol. The number of carbonyl (C=O) groups excluding carboxylic acids is 1. The molecule has 0 aliphatic carbocycles. The standard InChI is InChI=1S/C20H23FN2O3S/c1-15-6-2-3-7-17(15)14-22-20(24)16-10-12-23(13-11-16)27(25,26)19-9-5-4-8-18(19)21/h2-9,16H,10-14H2,1H3,(H,22,24). The number of hydrogen-bond acceptors (Lipinski definition) is 3. The smallest absolute Gasteiger partial charge is 0.245 e. The van der Waals surface area contributed by atoms with E-state index in [1.807, 2.05) is 31.2 Å². The predicted octanol–water partition coefficient (Wildman–Crippen LogP) is 2.85. The van der Waals surface area contributed by atoms with Gasteiger partial charge < -0.3 is 5.32 Å². The molecule has 1 aliphatic heterocycles. The fraction of sp³-hybridized carbons (Fsp3) is 0.350. The summed E-state index contributed by atoms with van der Waals surface area (Å²) in [5, 5.41) is 2.94. The Morgan fingerprint density at radius 2 is 1.74 bits per heavy atom. The summed E-state index contributed by atoms with van der Waals surface area (Å²) in [6.07, 6.45) is 0.848. The summed E-state index contributed by atoms with van der Waals surface area (Å²) in [5.74, 6) is -1.06. The zero-order valence-electron chi connectivity index (χ0n) is 15.2. The van der Waals surface area contributed by atoms with E-state index in [4.69, 9.17) is 0 Å². The van der Waals surface area contributed by atoms with Gasteiger partial charge in [0.2, 0.25) is 15.9 Å². The number of amides is 1. The van der Waals surface area contributed by atoms with Gasteiger partial charge in [-0.1, -0.05) is 36.4 Å². The highest BCUT2D eigenvalue weighted by Crippen LogP contribution is 2.25. The summed E-state index contributed by atoms with van der Waals surface area (Å²) in [6.45, 7) is 2.87. The predicted molar refractivity (Wildman–Crippen MR) is 101 cm³/mol. The van der Waals surface area contributed by atoms with Crippen molar-refractivity contribution < 1.29 is 17.6 Å². The van der Waals surface area contributed by atoms with Crippen molar-refractivity contribution in [2.45, 2.75) is 31.2 Å². The molecule has 2 aromatic carbocycles. The molecular formula is C20H23FN2O3S. The quantitative estimate of drug-likeness (QED) is 0.854. The zero-order valence-corrected chi connectivity index (χ0v) is 16.0. The van der Waals surface area contributed by atoms with Crippen molar-refractivity contribution in [1.82, 2.24) is 9.62 Å². The number of sulfonamides is 1. The highest BCUT2D eigenvalue weighted by molar-refractivity contribution is 7.89. The highest BCUT2D eigenvalue weighted by atomic mass is 32.2. The molecule has 0 aromatic heterocycles. The minimum Gasteiger partial charge on any atom is -0.352 e. The van der Waals surface area contributed by atoms with E-state index in [0.29, 0.717) is 19.4 Å². The van der Waals surface area contributed by atoms with Gasteiger partial charge in [-0.15, -0.1) is 0 Å². The van der Waals surface area contributed by atoms with E-state index >= 15 is 0 Å². The number of halogens is 1. The third kappa shape index (κ3) is 4.36. The monoisotopic (exact) mass is 390 g/mol. The molecule has 144 valence electrons. The summed E-state index contributed by atoms with van der Waals surface area (Å²) in [4.78, 5) is 12.1. The van der Waals surface area contributed by atoms with Crippen molar-refractivity contribution in [2.75, 3.05) is 13.1 Å². The molecule has 0 bridgehead atoms. The fourth-order valence-corrected chi connectivity index (χ4v) is 4.82. The van der Waals surface area contributed by atoms with E-state index in [-0.39, 0.29) is 29.8 Å². The first kappa shape index (κ1) is 19.5. The molecule has 1 saturated heterocycles. The van der Waals surface area contributed by atoms with Gasteiger partial charge in [0.05, 0.1) is 0 Å². The first-order valence-electron chi connectivity index (χ1n) is 8.96. The van der Waals surface area contributed by atoms with Crippen LogP contribution in [-0.2, 0) is 21.4 Å². The van der Waals surface area contributed by atoms with E-state index in [9.17, 15) is 17.6 Å². The molecule has 1 fully saturated rings.